The molecule has 1 saturated heterocycles. The largest absolute Gasteiger partial charge is 0.445 e. The number of carbonyl (C=O) groups is 2. The first-order chi connectivity index (χ1) is 27.2. The first-order valence-electron chi connectivity index (χ1n) is 20.1. The zero-order valence-electron chi connectivity index (χ0n) is 35.7. The number of thioether (sulfide) groups is 1. The molecule has 58 heavy (non-hydrogen) atoms. The van der Waals surface area contributed by atoms with Gasteiger partial charge < -0.3 is 24.1 Å². The van der Waals surface area contributed by atoms with Crippen molar-refractivity contribution < 1.29 is 36.1 Å². The molecule has 10 nitrogen and oxygen atoms in total. The van der Waals surface area contributed by atoms with Crippen LogP contribution in [-0.4, -0.2) is 89.6 Å². The molecule has 0 aromatic heterocycles. The topological polar surface area (TPSA) is 120 Å². The summed E-state index contributed by atoms with van der Waals surface area (Å²) in [6, 6.07) is 30.3. The number of hydrogen-bond donors (Lipinski definition) is 1. The fraction of sp³-hybridized carbons (Fsp3) is 0.511. The molecule has 3 aromatic carbocycles. The summed E-state index contributed by atoms with van der Waals surface area (Å²) < 4.78 is 48.5. The number of hydrogen-bond acceptors (Lipinski definition) is 9. The van der Waals surface area contributed by atoms with Gasteiger partial charge >= 0.3 is 12.2 Å². The van der Waals surface area contributed by atoms with Gasteiger partial charge in [-0.05, 0) is 75.2 Å². The van der Waals surface area contributed by atoms with E-state index in [0.29, 0.717) is 25.8 Å². The monoisotopic (exact) mass is 852 g/mol. The van der Waals surface area contributed by atoms with Crippen LogP contribution >= 0.6 is 11.8 Å². The molecule has 1 aliphatic heterocycles. The first kappa shape index (κ1) is 47.1. The van der Waals surface area contributed by atoms with Crippen molar-refractivity contribution in [3.63, 3.8) is 0 Å². The number of amides is 2. The van der Waals surface area contributed by atoms with Crippen LogP contribution in [0.4, 0.5) is 9.59 Å². The second kappa shape index (κ2) is 20.6. The SMILES string of the molecule is C=CCOC(=O)N1C[C@@H](SC(c2ccccc2)(c2ccccc2)c2ccccc2)C[C@@H]1C(O[SiH](C)C)C(COS(C)(=O)=O)C[C@@H](CC(C)(C)C)NC(=O)OC(C)(C)C. The van der Waals surface area contributed by atoms with Gasteiger partial charge in [0.25, 0.3) is 10.1 Å². The van der Waals surface area contributed by atoms with E-state index in [2.05, 4.69) is 119 Å². The van der Waals surface area contributed by atoms with Gasteiger partial charge in [0, 0.05) is 23.8 Å². The Bertz CT molecular complexity index is 1770. The number of ether oxygens (including phenoxy) is 2. The lowest BCUT2D eigenvalue weighted by Crippen LogP contribution is -2.51. The Balaban J connectivity index is 1.85. The minimum atomic E-state index is -3.87. The highest BCUT2D eigenvalue weighted by Crippen LogP contribution is 2.52. The molecule has 1 fully saturated rings. The number of nitrogens with one attached hydrogen (secondary N) is 1. The van der Waals surface area contributed by atoms with E-state index >= 15 is 0 Å². The average molecular weight is 853 g/mol. The summed E-state index contributed by atoms with van der Waals surface area (Å²) in [5.41, 5.74) is 2.36. The number of rotatable bonds is 18. The standard InChI is InChI=1S/C45H64N2O8S2Si/c1-11-27-52-42(49)47-31-38(56-45(34-21-15-12-16-22-34,35-23-17-13-18-24-35)36-25-19-14-20-26-36)29-39(47)40(55-58(9)10)33(32-53-57(8,50)51)28-37(30-43(2,3)4)46-41(48)54-44(5,6)7/h11-26,33,37-40,58H,1,27-32H2,2-10H3,(H,46,48)/t33?,37-,38-,39+,40?/m0/s1. The predicted molar refractivity (Wildman–Crippen MR) is 237 cm³/mol. The third-order valence-corrected chi connectivity index (χ3v) is 12.8. The van der Waals surface area contributed by atoms with Crippen LogP contribution in [0.5, 0.6) is 0 Å². The normalized spacial score (nSPS) is 18.0. The van der Waals surface area contributed by atoms with Crippen molar-refractivity contribution in [2.75, 3.05) is 26.0 Å². The van der Waals surface area contributed by atoms with Crippen molar-refractivity contribution in [2.24, 2.45) is 11.3 Å². The van der Waals surface area contributed by atoms with Crippen molar-refractivity contribution >= 4 is 43.1 Å². The lowest BCUT2D eigenvalue weighted by atomic mass is 9.82. The van der Waals surface area contributed by atoms with Crippen LogP contribution in [0.2, 0.25) is 13.1 Å². The van der Waals surface area contributed by atoms with E-state index in [1.807, 2.05) is 39.0 Å². The van der Waals surface area contributed by atoms with Gasteiger partial charge in [-0.1, -0.05) is 124 Å². The van der Waals surface area contributed by atoms with Gasteiger partial charge in [-0.3, -0.25) is 4.18 Å². The number of carbonyl (C=O) groups excluding carboxylic acids is 2. The zero-order valence-corrected chi connectivity index (χ0v) is 38.5. The smallest absolute Gasteiger partial charge is 0.410 e. The van der Waals surface area contributed by atoms with Crippen molar-refractivity contribution in [3.8, 4) is 0 Å². The molecule has 0 aliphatic carbocycles. The molecule has 2 unspecified atom stereocenters. The van der Waals surface area contributed by atoms with Crippen LogP contribution in [-0.2, 0) is 32.9 Å². The molecular weight excluding hydrogens is 789 g/mol. The van der Waals surface area contributed by atoms with Crippen molar-refractivity contribution in [1.29, 1.82) is 0 Å². The van der Waals surface area contributed by atoms with Gasteiger partial charge in [-0.15, -0.1) is 11.8 Å². The van der Waals surface area contributed by atoms with E-state index in [-0.39, 0.29) is 23.9 Å². The molecule has 0 spiro atoms. The number of nitrogens with zero attached hydrogens (tertiary/aromatic N) is 1. The fourth-order valence-corrected chi connectivity index (χ4v) is 11.0. The van der Waals surface area contributed by atoms with Crippen LogP contribution < -0.4 is 5.32 Å². The second-order valence-corrected chi connectivity index (χ2v) is 23.1. The molecule has 2 amide bonds. The Morgan fingerprint density at radius 1 is 0.914 bits per heavy atom. The Kier molecular flexibility index (Phi) is 16.7. The highest BCUT2D eigenvalue weighted by atomic mass is 32.2. The maximum Gasteiger partial charge on any atom is 0.410 e. The van der Waals surface area contributed by atoms with E-state index in [4.69, 9.17) is 18.1 Å². The summed E-state index contributed by atoms with van der Waals surface area (Å²) in [4.78, 5) is 29.2. The fourth-order valence-electron chi connectivity index (χ4n) is 7.73. The minimum Gasteiger partial charge on any atom is -0.445 e. The van der Waals surface area contributed by atoms with Crippen molar-refractivity contribution in [1.82, 2.24) is 10.2 Å². The Hall–Kier alpha value is -3.62. The van der Waals surface area contributed by atoms with Gasteiger partial charge in [0.1, 0.15) is 12.2 Å². The van der Waals surface area contributed by atoms with Gasteiger partial charge in [0.05, 0.1) is 29.8 Å². The van der Waals surface area contributed by atoms with Crippen LogP contribution in [0.1, 0.15) is 77.5 Å². The second-order valence-electron chi connectivity index (χ2n) is 17.6. The Morgan fingerprint density at radius 2 is 1.43 bits per heavy atom. The summed E-state index contributed by atoms with van der Waals surface area (Å²) in [7, 11) is -5.73. The van der Waals surface area contributed by atoms with Crippen LogP contribution in [0.25, 0.3) is 0 Å². The third-order valence-electron chi connectivity index (χ3n) is 9.68. The highest BCUT2D eigenvalue weighted by Gasteiger charge is 2.49. The molecule has 3 aromatic rings. The molecule has 4 rings (SSSR count). The van der Waals surface area contributed by atoms with E-state index in [1.54, 1.807) is 16.7 Å². The maximum atomic E-state index is 14.2. The van der Waals surface area contributed by atoms with Gasteiger partial charge in [0.2, 0.25) is 0 Å². The number of likely N-dealkylation sites (tertiary alicyclic amines) is 1. The van der Waals surface area contributed by atoms with E-state index in [9.17, 15) is 18.0 Å². The molecule has 0 radical (unpaired) electrons. The maximum absolute atomic E-state index is 14.2. The van der Waals surface area contributed by atoms with Crippen LogP contribution in [0, 0.1) is 11.3 Å². The average Bonchev–Trinajstić information content (AvgIpc) is 3.56. The molecule has 5 atom stereocenters. The first-order valence-corrected chi connectivity index (χ1v) is 25.6. The van der Waals surface area contributed by atoms with Gasteiger partial charge in [0.15, 0.2) is 9.04 Å². The van der Waals surface area contributed by atoms with Crippen LogP contribution in [0.3, 0.4) is 0 Å². The third kappa shape index (κ3) is 14.0. The lowest BCUT2D eigenvalue weighted by molar-refractivity contribution is 0.0142. The molecule has 1 heterocycles. The highest BCUT2D eigenvalue weighted by molar-refractivity contribution is 8.01. The number of benzene rings is 3. The van der Waals surface area contributed by atoms with Crippen LogP contribution in [0.15, 0.2) is 104 Å². The molecular formula is C45H64N2O8S2Si. The zero-order chi connectivity index (χ0) is 42.7. The summed E-state index contributed by atoms with van der Waals surface area (Å²) in [6.45, 7) is 19.7. The summed E-state index contributed by atoms with van der Waals surface area (Å²) in [5.74, 6) is -0.558. The molecule has 0 saturated carbocycles. The molecule has 13 heteroatoms. The summed E-state index contributed by atoms with van der Waals surface area (Å²) in [5, 5.41) is 2.96. The van der Waals surface area contributed by atoms with E-state index < -0.39 is 65.8 Å². The number of alkyl carbamates (subject to hydrolysis) is 1. The minimum absolute atomic E-state index is 0.0282. The van der Waals surface area contributed by atoms with E-state index in [1.165, 1.54) is 6.08 Å². The molecule has 1 N–H and O–H groups in total. The predicted octanol–water partition coefficient (Wildman–Crippen LogP) is 9.16. The summed E-state index contributed by atoms with van der Waals surface area (Å²) >= 11 is 1.79. The van der Waals surface area contributed by atoms with Gasteiger partial charge in [-0.2, -0.15) is 8.42 Å². The van der Waals surface area contributed by atoms with Crippen molar-refractivity contribution in [3.05, 3.63) is 120 Å². The summed E-state index contributed by atoms with van der Waals surface area (Å²) in [6.07, 6.45) is 2.24. The molecule has 318 valence electrons. The Morgan fingerprint density at radius 3 is 1.86 bits per heavy atom. The molecule has 0 bridgehead atoms. The quantitative estimate of drug-likeness (QED) is 0.0578. The van der Waals surface area contributed by atoms with E-state index in [0.717, 1.165) is 22.9 Å². The lowest BCUT2D eigenvalue weighted by Gasteiger charge is -2.39. The van der Waals surface area contributed by atoms with Gasteiger partial charge in [-0.25, -0.2) is 9.59 Å². The van der Waals surface area contributed by atoms with Crippen molar-refractivity contribution in [2.45, 2.75) is 108 Å². The molecule has 1 aliphatic rings. The Labute approximate surface area is 353 Å².